The summed E-state index contributed by atoms with van der Waals surface area (Å²) in [5.41, 5.74) is 1.23. The quantitative estimate of drug-likeness (QED) is 0.850. The minimum Gasteiger partial charge on any atom is -0.478 e. The van der Waals surface area contributed by atoms with Crippen molar-refractivity contribution in [2.45, 2.75) is 25.3 Å². The number of hydrogen-bond acceptors (Lipinski definition) is 2. The van der Waals surface area contributed by atoms with Crippen LogP contribution in [-0.2, 0) is 4.79 Å². The molecule has 3 nitrogen and oxygen atoms in total. The number of nitrogens with zero attached hydrogens (tertiary/aromatic N) is 1. The van der Waals surface area contributed by atoms with Gasteiger partial charge in [-0.25, -0.2) is 9.18 Å². The number of carboxylic acids is 1. The molecule has 1 aliphatic heterocycles. The van der Waals surface area contributed by atoms with Crippen molar-refractivity contribution < 1.29 is 14.3 Å². The smallest absolute Gasteiger partial charge is 0.328 e. The van der Waals surface area contributed by atoms with Crippen LogP contribution in [0.1, 0.15) is 24.8 Å². The topological polar surface area (TPSA) is 40.5 Å². The molecule has 1 aromatic rings. The van der Waals surface area contributed by atoms with Gasteiger partial charge in [0.15, 0.2) is 0 Å². The van der Waals surface area contributed by atoms with Gasteiger partial charge in [0.25, 0.3) is 0 Å². The summed E-state index contributed by atoms with van der Waals surface area (Å²) < 4.78 is 14.1. The Morgan fingerprint density at radius 2 is 2.26 bits per heavy atom. The van der Waals surface area contributed by atoms with E-state index in [1.165, 1.54) is 25.0 Å². The summed E-state index contributed by atoms with van der Waals surface area (Å²) in [5, 5.41) is 8.55. The molecular formula is C15H16FNO2. The maximum Gasteiger partial charge on any atom is 0.328 e. The minimum atomic E-state index is -1.03. The van der Waals surface area contributed by atoms with Gasteiger partial charge in [0.1, 0.15) is 5.82 Å². The number of benzene rings is 1. The monoisotopic (exact) mass is 261 g/mol. The molecule has 1 N–H and O–H groups in total. The summed E-state index contributed by atoms with van der Waals surface area (Å²) in [5.74, 6) is -0.572. The lowest BCUT2D eigenvalue weighted by atomic mass is 10.1. The van der Waals surface area contributed by atoms with Gasteiger partial charge in [-0.05, 0) is 49.0 Å². The third-order valence-electron chi connectivity index (χ3n) is 4.11. The fraction of sp³-hybridized carbons (Fsp3) is 0.400. The molecule has 2 atom stereocenters. The molecule has 2 bridgehead atoms. The van der Waals surface area contributed by atoms with Crippen LogP contribution in [0.3, 0.4) is 0 Å². The van der Waals surface area contributed by atoms with Crippen LogP contribution in [0.25, 0.3) is 6.08 Å². The Kier molecular flexibility index (Phi) is 3.01. The van der Waals surface area contributed by atoms with Crippen LogP contribution in [0.4, 0.5) is 10.1 Å². The number of hydrogen-bond donors (Lipinski definition) is 1. The zero-order valence-corrected chi connectivity index (χ0v) is 10.6. The van der Waals surface area contributed by atoms with Crippen LogP contribution in [0.5, 0.6) is 0 Å². The third-order valence-corrected chi connectivity index (χ3v) is 4.11. The van der Waals surface area contributed by atoms with Crippen molar-refractivity contribution in [3.05, 3.63) is 35.7 Å². The lowest BCUT2D eigenvalue weighted by molar-refractivity contribution is -0.131. The maximum atomic E-state index is 14.1. The SMILES string of the molecule is O=C(O)/C=C/c1ccc(N2CC3CCC2C3)c(F)c1. The average molecular weight is 261 g/mol. The molecule has 2 aliphatic rings. The second-order valence-electron chi connectivity index (χ2n) is 5.37. The molecular weight excluding hydrogens is 245 g/mol. The zero-order chi connectivity index (χ0) is 13.4. The lowest BCUT2D eigenvalue weighted by Gasteiger charge is -2.29. The van der Waals surface area contributed by atoms with Gasteiger partial charge < -0.3 is 10.0 Å². The summed E-state index contributed by atoms with van der Waals surface area (Å²) >= 11 is 0. The van der Waals surface area contributed by atoms with Crippen molar-refractivity contribution in [1.82, 2.24) is 0 Å². The molecule has 0 amide bonds. The second kappa shape index (κ2) is 4.68. The normalized spacial score (nSPS) is 25.4. The van der Waals surface area contributed by atoms with Gasteiger partial charge in [-0.1, -0.05) is 6.07 Å². The van der Waals surface area contributed by atoms with Crippen LogP contribution in [-0.4, -0.2) is 23.7 Å². The molecule has 0 spiro atoms. The highest BCUT2D eigenvalue weighted by molar-refractivity contribution is 5.85. The lowest BCUT2D eigenvalue weighted by Crippen LogP contribution is -2.32. The van der Waals surface area contributed by atoms with Gasteiger partial charge in [0, 0.05) is 18.7 Å². The molecule has 100 valence electrons. The van der Waals surface area contributed by atoms with Gasteiger partial charge in [-0.3, -0.25) is 0 Å². The number of piperidine rings is 1. The summed E-state index contributed by atoms with van der Waals surface area (Å²) in [6, 6.07) is 5.42. The van der Waals surface area contributed by atoms with Crippen molar-refractivity contribution >= 4 is 17.7 Å². The first kappa shape index (κ1) is 12.2. The van der Waals surface area contributed by atoms with E-state index >= 15 is 0 Å². The number of carboxylic acid groups (broad SMARTS) is 1. The number of aliphatic carboxylic acids is 1. The first-order valence-corrected chi connectivity index (χ1v) is 6.60. The molecule has 1 aliphatic carbocycles. The first-order chi connectivity index (χ1) is 9.13. The van der Waals surface area contributed by atoms with Crippen LogP contribution in [0.15, 0.2) is 24.3 Å². The fourth-order valence-electron chi connectivity index (χ4n) is 3.25. The molecule has 19 heavy (non-hydrogen) atoms. The predicted octanol–water partition coefficient (Wildman–Crippen LogP) is 2.91. The molecule has 1 aromatic carbocycles. The van der Waals surface area contributed by atoms with E-state index in [4.69, 9.17) is 5.11 Å². The van der Waals surface area contributed by atoms with E-state index in [-0.39, 0.29) is 5.82 Å². The molecule has 4 heteroatoms. The van der Waals surface area contributed by atoms with E-state index in [0.717, 1.165) is 25.0 Å². The van der Waals surface area contributed by atoms with Crippen LogP contribution in [0.2, 0.25) is 0 Å². The van der Waals surface area contributed by atoms with E-state index < -0.39 is 5.97 Å². The number of halogens is 1. The van der Waals surface area contributed by atoms with Gasteiger partial charge in [-0.15, -0.1) is 0 Å². The number of anilines is 1. The second-order valence-corrected chi connectivity index (χ2v) is 5.37. The van der Waals surface area contributed by atoms with Crippen LogP contribution < -0.4 is 4.90 Å². The summed E-state index contributed by atoms with van der Waals surface area (Å²) in [6.45, 7) is 0.950. The number of fused-ring (bicyclic) bond motifs is 2. The van der Waals surface area contributed by atoms with Crippen LogP contribution in [0, 0.1) is 11.7 Å². The number of carbonyl (C=O) groups is 1. The van der Waals surface area contributed by atoms with Crippen molar-refractivity contribution in [2.24, 2.45) is 5.92 Å². The summed E-state index contributed by atoms with van der Waals surface area (Å²) in [4.78, 5) is 12.6. The molecule has 0 radical (unpaired) electrons. The van der Waals surface area contributed by atoms with Gasteiger partial charge >= 0.3 is 5.97 Å². The van der Waals surface area contributed by atoms with E-state index in [1.807, 2.05) is 0 Å². The largest absolute Gasteiger partial charge is 0.478 e. The summed E-state index contributed by atoms with van der Waals surface area (Å²) in [7, 11) is 0. The minimum absolute atomic E-state index is 0.264. The van der Waals surface area contributed by atoms with E-state index in [1.54, 1.807) is 12.1 Å². The van der Waals surface area contributed by atoms with Crippen LogP contribution >= 0.6 is 0 Å². The standard InChI is InChI=1S/C15H16FNO2/c16-13-8-10(3-6-15(18)19)2-5-14(13)17-9-11-1-4-12(17)7-11/h2-3,5-6,8,11-12H,1,4,7,9H2,(H,18,19)/b6-3+. The Morgan fingerprint density at radius 1 is 1.42 bits per heavy atom. The highest BCUT2D eigenvalue weighted by Gasteiger charge is 2.38. The van der Waals surface area contributed by atoms with E-state index in [9.17, 15) is 9.18 Å². The van der Waals surface area contributed by atoms with Gasteiger partial charge in [0.2, 0.25) is 0 Å². The van der Waals surface area contributed by atoms with Crippen molar-refractivity contribution in [3.8, 4) is 0 Å². The number of rotatable bonds is 3. The van der Waals surface area contributed by atoms with E-state index in [2.05, 4.69) is 4.90 Å². The Hall–Kier alpha value is -1.84. The van der Waals surface area contributed by atoms with Crippen molar-refractivity contribution in [1.29, 1.82) is 0 Å². The highest BCUT2D eigenvalue weighted by Crippen LogP contribution is 2.41. The fourth-order valence-corrected chi connectivity index (χ4v) is 3.25. The molecule has 1 saturated carbocycles. The van der Waals surface area contributed by atoms with Gasteiger partial charge in [0.05, 0.1) is 5.69 Å². The maximum absolute atomic E-state index is 14.1. The Labute approximate surface area is 111 Å². The third kappa shape index (κ3) is 2.35. The average Bonchev–Trinajstić information content (AvgIpc) is 2.98. The Balaban J connectivity index is 1.82. The Bertz CT molecular complexity index is 541. The molecule has 1 saturated heterocycles. The molecule has 2 unspecified atom stereocenters. The molecule has 3 rings (SSSR count). The van der Waals surface area contributed by atoms with Crippen molar-refractivity contribution in [3.63, 3.8) is 0 Å². The van der Waals surface area contributed by atoms with Crippen molar-refractivity contribution in [2.75, 3.05) is 11.4 Å². The Morgan fingerprint density at radius 3 is 2.84 bits per heavy atom. The predicted molar refractivity (Wildman–Crippen MR) is 71.5 cm³/mol. The highest BCUT2D eigenvalue weighted by atomic mass is 19.1. The molecule has 2 fully saturated rings. The zero-order valence-electron chi connectivity index (χ0n) is 10.6. The molecule has 0 aromatic heterocycles. The molecule has 1 heterocycles. The van der Waals surface area contributed by atoms with Gasteiger partial charge in [-0.2, -0.15) is 0 Å². The first-order valence-electron chi connectivity index (χ1n) is 6.60. The van der Waals surface area contributed by atoms with E-state index in [0.29, 0.717) is 17.3 Å². The summed E-state index contributed by atoms with van der Waals surface area (Å²) in [6.07, 6.45) is 6.03.